The zero-order valence-electron chi connectivity index (χ0n) is 10.8. The van der Waals surface area contributed by atoms with Crippen molar-refractivity contribution in [3.8, 4) is 11.1 Å². The molecule has 0 amide bonds. The summed E-state index contributed by atoms with van der Waals surface area (Å²) in [4.78, 5) is 10.5. The van der Waals surface area contributed by atoms with Gasteiger partial charge in [0.15, 0.2) is 0 Å². The molecule has 0 aromatic heterocycles. The maximum Gasteiger partial charge on any atom is 0.416 e. The van der Waals surface area contributed by atoms with Crippen LogP contribution in [0, 0.1) is 0 Å². The fourth-order valence-electron chi connectivity index (χ4n) is 1.93. The van der Waals surface area contributed by atoms with E-state index < -0.39 is 17.7 Å². The first-order valence-corrected chi connectivity index (χ1v) is 6.05. The van der Waals surface area contributed by atoms with Crippen LogP contribution in [0.2, 0.25) is 0 Å². The number of benzene rings is 2. The van der Waals surface area contributed by atoms with Gasteiger partial charge in [-0.15, -0.1) is 0 Å². The van der Waals surface area contributed by atoms with Crippen LogP contribution in [0.4, 0.5) is 13.2 Å². The Labute approximate surface area is 119 Å². The van der Waals surface area contributed by atoms with Crippen LogP contribution in [0.3, 0.4) is 0 Å². The van der Waals surface area contributed by atoms with Crippen LogP contribution in [-0.2, 0) is 11.0 Å². The van der Waals surface area contributed by atoms with Crippen LogP contribution >= 0.6 is 0 Å². The molecule has 0 heterocycles. The summed E-state index contributed by atoms with van der Waals surface area (Å²) in [5.41, 5.74) is 0.316. The monoisotopic (exact) mass is 292 g/mol. The maximum absolute atomic E-state index is 12.9. The zero-order chi connectivity index (χ0) is 15.5. The Balaban J connectivity index is 2.54. The molecule has 2 nitrogen and oxygen atoms in total. The topological polar surface area (TPSA) is 37.3 Å². The van der Waals surface area contributed by atoms with Gasteiger partial charge in [0, 0.05) is 6.08 Å². The van der Waals surface area contributed by atoms with E-state index in [-0.39, 0.29) is 5.56 Å². The van der Waals surface area contributed by atoms with Gasteiger partial charge in [0.2, 0.25) is 0 Å². The molecule has 0 saturated heterocycles. The van der Waals surface area contributed by atoms with Crippen molar-refractivity contribution in [3.05, 3.63) is 65.7 Å². The van der Waals surface area contributed by atoms with Gasteiger partial charge in [-0.3, -0.25) is 0 Å². The Morgan fingerprint density at radius 1 is 1.00 bits per heavy atom. The number of carbonyl (C=O) groups is 1. The van der Waals surface area contributed by atoms with E-state index in [4.69, 9.17) is 5.11 Å². The highest BCUT2D eigenvalue weighted by atomic mass is 19.4. The van der Waals surface area contributed by atoms with Crippen LogP contribution in [0.25, 0.3) is 17.2 Å². The van der Waals surface area contributed by atoms with Crippen molar-refractivity contribution in [2.24, 2.45) is 0 Å². The first kappa shape index (κ1) is 14.8. The lowest BCUT2D eigenvalue weighted by molar-refractivity contribution is -0.138. The van der Waals surface area contributed by atoms with E-state index in [1.807, 2.05) is 0 Å². The van der Waals surface area contributed by atoms with E-state index in [2.05, 4.69) is 0 Å². The lowest BCUT2D eigenvalue weighted by Crippen LogP contribution is -2.07. The van der Waals surface area contributed by atoms with Crippen molar-refractivity contribution in [2.75, 3.05) is 0 Å². The predicted octanol–water partition coefficient (Wildman–Crippen LogP) is 4.47. The number of hydrogen-bond donors (Lipinski definition) is 1. The van der Waals surface area contributed by atoms with Gasteiger partial charge in [-0.2, -0.15) is 13.2 Å². The first-order chi connectivity index (χ1) is 9.88. The van der Waals surface area contributed by atoms with Gasteiger partial charge in [0.1, 0.15) is 0 Å². The van der Waals surface area contributed by atoms with E-state index in [1.165, 1.54) is 12.1 Å². The van der Waals surface area contributed by atoms with Gasteiger partial charge in [0.25, 0.3) is 0 Å². The van der Waals surface area contributed by atoms with E-state index in [1.54, 1.807) is 30.3 Å². The molecule has 0 radical (unpaired) electrons. The third-order valence-electron chi connectivity index (χ3n) is 2.87. The SMILES string of the molecule is O=C(O)/C=C/c1cc(-c2ccccc2)ccc1C(F)(F)F. The Morgan fingerprint density at radius 2 is 1.67 bits per heavy atom. The second-order valence-corrected chi connectivity index (χ2v) is 4.34. The van der Waals surface area contributed by atoms with Crippen molar-refractivity contribution in [1.29, 1.82) is 0 Å². The Bertz CT molecular complexity index is 674. The molecule has 5 heteroatoms. The molecule has 0 spiro atoms. The summed E-state index contributed by atoms with van der Waals surface area (Å²) in [5, 5.41) is 8.59. The van der Waals surface area contributed by atoms with E-state index in [0.29, 0.717) is 11.6 Å². The van der Waals surface area contributed by atoms with Crippen LogP contribution in [-0.4, -0.2) is 11.1 Å². The van der Waals surface area contributed by atoms with Gasteiger partial charge in [-0.25, -0.2) is 4.79 Å². The molecule has 0 atom stereocenters. The second-order valence-electron chi connectivity index (χ2n) is 4.34. The highest BCUT2D eigenvalue weighted by Crippen LogP contribution is 2.35. The van der Waals surface area contributed by atoms with Crippen LogP contribution in [0.5, 0.6) is 0 Å². The van der Waals surface area contributed by atoms with E-state index >= 15 is 0 Å². The van der Waals surface area contributed by atoms with Gasteiger partial charge >= 0.3 is 12.1 Å². The molecular formula is C16H11F3O2. The van der Waals surface area contributed by atoms with Crippen LogP contribution in [0.15, 0.2) is 54.6 Å². The summed E-state index contributed by atoms with van der Waals surface area (Å²) in [7, 11) is 0. The standard InChI is InChI=1S/C16H11F3O2/c17-16(18,19)14-8-6-12(11-4-2-1-3-5-11)10-13(14)7-9-15(20)21/h1-10H,(H,20,21)/b9-7+. The molecule has 1 N–H and O–H groups in total. The summed E-state index contributed by atoms with van der Waals surface area (Å²) in [6.07, 6.45) is -2.88. The number of carboxylic acid groups (broad SMARTS) is 1. The Morgan fingerprint density at radius 3 is 2.24 bits per heavy atom. The van der Waals surface area contributed by atoms with Crippen molar-refractivity contribution >= 4 is 12.0 Å². The molecule has 2 aromatic carbocycles. The molecule has 21 heavy (non-hydrogen) atoms. The molecule has 2 aromatic rings. The van der Waals surface area contributed by atoms with Crippen LogP contribution in [0.1, 0.15) is 11.1 Å². The number of alkyl halides is 3. The molecule has 0 bridgehead atoms. The zero-order valence-corrected chi connectivity index (χ0v) is 10.8. The molecule has 0 unspecified atom stereocenters. The Kier molecular flexibility index (Phi) is 4.12. The summed E-state index contributed by atoms with van der Waals surface area (Å²) in [6.45, 7) is 0. The third-order valence-corrected chi connectivity index (χ3v) is 2.87. The lowest BCUT2D eigenvalue weighted by Gasteiger charge is -2.12. The van der Waals surface area contributed by atoms with E-state index in [0.717, 1.165) is 17.7 Å². The number of rotatable bonds is 3. The molecule has 0 saturated carbocycles. The molecule has 0 fully saturated rings. The second kappa shape index (κ2) is 5.83. The maximum atomic E-state index is 12.9. The summed E-state index contributed by atoms with van der Waals surface area (Å²) in [5.74, 6) is -1.30. The minimum atomic E-state index is -4.53. The quantitative estimate of drug-likeness (QED) is 0.847. The van der Waals surface area contributed by atoms with Crippen molar-refractivity contribution < 1.29 is 23.1 Å². The summed E-state index contributed by atoms with van der Waals surface area (Å²) < 4.78 is 38.8. The van der Waals surface area contributed by atoms with Gasteiger partial charge < -0.3 is 5.11 Å². The molecule has 0 aliphatic rings. The van der Waals surface area contributed by atoms with Crippen molar-refractivity contribution in [1.82, 2.24) is 0 Å². The van der Waals surface area contributed by atoms with E-state index in [9.17, 15) is 18.0 Å². The number of aliphatic carboxylic acids is 1. The highest BCUT2D eigenvalue weighted by Gasteiger charge is 2.32. The first-order valence-electron chi connectivity index (χ1n) is 6.05. The fraction of sp³-hybridized carbons (Fsp3) is 0.0625. The van der Waals surface area contributed by atoms with Crippen LogP contribution < -0.4 is 0 Å². The van der Waals surface area contributed by atoms with Crippen molar-refractivity contribution in [2.45, 2.75) is 6.18 Å². The normalized spacial score (nSPS) is 11.8. The average molecular weight is 292 g/mol. The summed E-state index contributed by atoms with van der Waals surface area (Å²) >= 11 is 0. The largest absolute Gasteiger partial charge is 0.478 e. The number of carboxylic acids is 1. The highest BCUT2D eigenvalue weighted by molar-refractivity contribution is 5.86. The third kappa shape index (κ3) is 3.72. The molecule has 0 aliphatic carbocycles. The fourth-order valence-corrected chi connectivity index (χ4v) is 1.93. The lowest BCUT2D eigenvalue weighted by atomic mass is 9.98. The minimum absolute atomic E-state index is 0.175. The molecule has 0 aliphatic heterocycles. The Hall–Kier alpha value is -2.56. The minimum Gasteiger partial charge on any atom is -0.478 e. The van der Waals surface area contributed by atoms with Gasteiger partial charge in [0.05, 0.1) is 5.56 Å². The number of halogens is 3. The van der Waals surface area contributed by atoms with Gasteiger partial charge in [-0.05, 0) is 34.9 Å². The molecule has 108 valence electrons. The molecular weight excluding hydrogens is 281 g/mol. The molecule has 2 rings (SSSR count). The number of hydrogen-bond acceptors (Lipinski definition) is 1. The predicted molar refractivity (Wildman–Crippen MR) is 73.5 cm³/mol. The smallest absolute Gasteiger partial charge is 0.416 e. The van der Waals surface area contributed by atoms with Gasteiger partial charge in [-0.1, -0.05) is 36.4 Å². The van der Waals surface area contributed by atoms with Crippen molar-refractivity contribution in [3.63, 3.8) is 0 Å². The summed E-state index contributed by atoms with van der Waals surface area (Å²) in [6, 6.07) is 12.6. The average Bonchev–Trinajstić information content (AvgIpc) is 2.44.